The monoisotopic (exact) mass is 398 g/mol. The van der Waals surface area contributed by atoms with Gasteiger partial charge in [-0.1, -0.05) is 0 Å². The van der Waals surface area contributed by atoms with E-state index in [1.165, 1.54) is 31.4 Å². The van der Waals surface area contributed by atoms with Gasteiger partial charge in [0.05, 0.1) is 11.4 Å². The summed E-state index contributed by atoms with van der Waals surface area (Å²) < 4.78 is 14.9. The van der Waals surface area contributed by atoms with Crippen molar-refractivity contribution < 1.29 is 4.39 Å². The third kappa shape index (κ3) is 5.15. The molecule has 2 atom stereocenters. The Morgan fingerprint density at radius 3 is 2.76 bits per heavy atom. The molecule has 1 aliphatic heterocycles. The van der Waals surface area contributed by atoms with E-state index < -0.39 is 0 Å². The van der Waals surface area contributed by atoms with Gasteiger partial charge in [-0.2, -0.15) is 5.10 Å². The molecule has 1 aliphatic carbocycles. The quantitative estimate of drug-likeness (QED) is 0.556. The average molecular weight is 399 g/mol. The van der Waals surface area contributed by atoms with E-state index in [-0.39, 0.29) is 5.82 Å². The molecule has 2 heterocycles. The van der Waals surface area contributed by atoms with Crippen molar-refractivity contribution >= 4 is 5.96 Å². The molecule has 1 saturated heterocycles. The van der Waals surface area contributed by atoms with Crippen molar-refractivity contribution in [3.63, 3.8) is 0 Å². The van der Waals surface area contributed by atoms with Crippen molar-refractivity contribution in [3.05, 3.63) is 48.0 Å². The van der Waals surface area contributed by atoms with Crippen LogP contribution in [0.25, 0.3) is 5.69 Å². The van der Waals surface area contributed by atoms with Crippen molar-refractivity contribution in [3.8, 4) is 5.69 Å². The second-order valence-electron chi connectivity index (χ2n) is 8.09. The first-order valence-corrected chi connectivity index (χ1v) is 10.7. The van der Waals surface area contributed by atoms with Gasteiger partial charge in [0.2, 0.25) is 0 Å². The average Bonchev–Trinajstić information content (AvgIpc) is 3.33. The standard InChI is InChI=1S/C22H31FN6/c1-3-24-22(26-19-14-16(2)28(15-19)20-8-9-20)25-12-10-18-11-13-29(27-18)21-6-4-17(23)5-7-21/h4-7,11,13,16,19-20H,3,8-10,12,14-15H2,1-2H3,(H2,24,25,26). The maximum atomic E-state index is 13.1. The van der Waals surface area contributed by atoms with Gasteiger partial charge in [0.25, 0.3) is 0 Å². The SMILES string of the molecule is CCNC(=NCCc1ccn(-c2ccc(F)cc2)n1)NC1CC(C)N(C2CC2)C1. The molecule has 2 aliphatic rings. The molecular weight excluding hydrogens is 367 g/mol. The Morgan fingerprint density at radius 2 is 2.03 bits per heavy atom. The molecule has 2 aromatic rings. The Bertz CT molecular complexity index is 826. The summed E-state index contributed by atoms with van der Waals surface area (Å²) in [5, 5.41) is 11.6. The molecule has 1 aromatic heterocycles. The fourth-order valence-electron chi connectivity index (χ4n) is 4.10. The second-order valence-corrected chi connectivity index (χ2v) is 8.09. The minimum absolute atomic E-state index is 0.240. The number of nitrogens with zero attached hydrogens (tertiary/aromatic N) is 4. The Balaban J connectivity index is 1.31. The van der Waals surface area contributed by atoms with Gasteiger partial charge in [-0.25, -0.2) is 9.07 Å². The highest BCUT2D eigenvalue weighted by molar-refractivity contribution is 5.80. The topological polar surface area (TPSA) is 57.5 Å². The predicted molar refractivity (Wildman–Crippen MR) is 114 cm³/mol. The largest absolute Gasteiger partial charge is 0.357 e. The smallest absolute Gasteiger partial charge is 0.191 e. The molecule has 7 heteroatoms. The van der Waals surface area contributed by atoms with Crippen LogP contribution in [0.5, 0.6) is 0 Å². The second kappa shape index (κ2) is 8.95. The van der Waals surface area contributed by atoms with Crippen LogP contribution >= 0.6 is 0 Å². The van der Waals surface area contributed by atoms with Crippen molar-refractivity contribution in [1.82, 2.24) is 25.3 Å². The van der Waals surface area contributed by atoms with Crippen molar-refractivity contribution in [2.75, 3.05) is 19.6 Å². The number of guanidine groups is 1. The summed E-state index contributed by atoms with van der Waals surface area (Å²) in [6, 6.07) is 10.3. The zero-order chi connectivity index (χ0) is 20.2. The lowest BCUT2D eigenvalue weighted by Crippen LogP contribution is -2.44. The summed E-state index contributed by atoms with van der Waals surface area (Å²) in [5.74, 6) is 0.649. The first-order valence-electron chi connectivity index (χ1n) is 10.7. The van der Waals surface area contributed by atoms with Crippen LogP contribution in [0.4, 0.5) is 4.39 Å². The number of aliphatic imine (C=N–C) groups is 1. The van der Waals surface area contributed by atoms with E-state index in [1.54, 1.807) is 16.8 Å². The maximum absolute atomic E-state index is 13.1. The molecule has 0 spiro atoms. The van der Waals surface area contributed by atoms with Gasteiger partial charge in [0, 0.05) is 50.4 Å². The molecule has 0 bridgehead atoms. The summed E-state index contributed by atoms with van der Waals surface area (Å²) in [7, 11) is 0. The first-order chi connectivity index (χ1) is 14.1. The lowest BCUT2D eigenvalue weighted by atomic mass is 10.2. The molecule has 2 fully saturated rings. The summed E-state index contributed by atoms with van der Waals surface area (Å²) in [6.07, 6.45) is 6.55. The third-order valence-electron chi connectivity index (χ3n) is 5.70. The maximum Gasteiger partial charge on any atom is 0.191 e. The van der Waals surface area contributed by atoms with Gasteiger partial charge in [0.1, 0.15) is 5.82 Å². The van der Waals surface area contributed by atoms with E-state index in [9.17, 15) is 4.39 Å². The van der Waals surface area contributed by atoms with E-state index in [0.29, 0.717) is 18.6 Å². The van der Waals surface area contributed by atoms with Crippen LogP contribution < -0.4 is 10.6 Å². The summed E-state index contributed by atoms with van der Waals surface area (Å²) >= 11 is 0. The zero-order valence-corrected chi connectivity index (χ0v) is 17.3. The fourth-order valence-corrected chi connectivity index (χ4v) is 4.10. The van der Waals surface area contributed by atoms with E-state index in [2.05, 4.69) is 34.5 Å². The molecule has 4 rings (SSSR count). The first kappa shape index (κ1) is 19.9. The third-order valence-corrected chi connectivity index (χ3v) is 5.70. The molecule has 6 nitrogen and oxygen atoms in total. The van der Waals surface area contributed by atoms with E-state index in [0.717, 1.165) is 42.9 Å². The molecule has 2 unspecified atom stereocenters. The highest BCUT2D eigenvalue weighted by Gasteiger charge is 2.38. The van der Waals surface area contributed by atoms with Crippen LogP contribution in [0.2, 0.25) is 0 Å². The lowest BCUT2D eigenvalue weighted by Gasteiger charge is -2.20. The molecule has 29 heavy (non-hydrogen) atoms. The summed E-state index contributed by atoms with van der Waals surface area (Å²) in [4.78, 5) is 7.40. The normalized spacial score (nSPS) is 22.8. The Hall–Kier alpha value is -2.41. The number of hydrogen-bond donors (Lipinski definition) is 2. The molecular formula is C22H31FN6. The number of aromatic nitrogens is 2. The van der Waals surface area contributed by atoms with Crippen molar-refractivity contribution in [2.45, 2.75) is 57.7 Å². The summed E-state index contributed by atoms with van der Waals surface area (Å²) in [6.45, 7) is 7.05. The molecule has 156 valence electrons. The molecule has 1 saturated carbocycles. The molecule has 2 N–H and O–H groups in total. The zero-order valence-electron chi connectivity index (χ0n) is 17.3. The van der Waals surface area contributed by atoms with Crippen LogP contribution in [0.1, 0.15) is 38.8 Å². The van der Waals surface area contributed by atoms with E-state index in [1.807, 2.05) is 12.3 Å². The molecule has 0 amide bonds. The van der Waals surface area contributed by atoms with E-state index in [4.69, 9.17) is 4.99 Å². The highest BCUT2D eigenvalue weighted by Crippen LogP contribution is 2.33. The summed E-state index contributed by atoms with van der Waals surface area (Å²) in [5.41, 5.74) is 1.83. The number of rotatable bonds is 7. The van der Waals surface area contributed by atoms with Gasteiger partial charge in [0.15, 0.2) is 5.96 Å². The number of halogens is 1. The van der Waals surface area contributed by atoms with Gasteiger partial charge in [-0.05, 0) is 63.4 Å². The van der Waals surface area contributed by atoms with Gasteiger partial charge < -0.3 is 10.6 Å². The van der Waals surface area contributed by atoms with Crippen LogP contribution in [-0.4, -0.2) is 58.4 Å². The van der Waals surface area contributed by atoms with E-state index >= 15 is 0 Å². The highest BCUT2D eigenvalue weighted by atomic mass is 19.1. The molecule has 1 aromatic carbocycles. The van der Waals surface area contributed by atoms with Crippen molar-refractivity contribution in [1.29, 1.82) is 0 Å². The Morgan fingerprint density at radius 1 is 1.24 bits per heavy atom. The lowest BCUT2D eigenvalue weighted by molar-refractivity contribution is 0.256. The minimum atomic E-state index is -0.240. The van der Waals surface area contributed by atoms with Crippen LogP contribution in [0.15, 0.2) is 41.5 Å². The number of benzene rings is 1. The minimum Gasteiger partial charge on any atom is -0.357 e. The number of hydrogen-bond acceptors (Lipinski definition) is 3. The number of nitrogens with one attached hydrogen (secondary N) is 2. The van der Waals surface area contributed by atoms with Gasteiger partial charge >= 0.3 is 0 Å². The van der Waals surface area contributed by atoms with Crippen LogP contribution in [0.3, 0.4) is 0 Å². The Labute approximate surface area is 172 Å². The number of likely N-dealkylation sites (tertiary alicyclic amines) is 1. The van der Waals surface area contributed by atoms with Gasteiger partial charge in [-0.3, -0.25) is 9.89 Å². The van der Waals surface area contributed by atoms with Gasteiger partial charge in [-0.15, -0.1) is 0 Å². The van der Waals surface area contributed by atoms with Crippen molar-refractivity contribution in [2.24, 2.45) is 4.99 Å². The van der Waals surface area contributed by atoms with Crippen LogP contribution in [0, 0.1) is 5.82 Å². The molecule has 0 radical (unpaired) electrons. The fraction of sp³-hybridized carbons (Fsp3) is 0.545. The Kier molecular flexibility index (Phi) is 6.13. The van der Waals surface area contributed by atoms with Crippen LogP contribution in [-0.2, 0) is 6.42 Å². The predicted octanol–water partition coefficient (Wildman–Crippen LogP) is 2.73.